The van der Waals surface area contributed by atoms with E-state index in [9.17, 15) is 24.3 Å². The normalized spacial score (nSPS) is 21.0. The van der Waals surface area contributed by atoms with Crippen LogP contribution in [0, 0.1) is 0 Å². The lowest BCUT2D eigenvalue weighted by Gasteiger charge is -2.42. The van der Waals surface area contributed by atoms with E-state index in [1.165, 1.54) is 36.4 Å². The summed E-state index contributed by atoms with van der Waals surface area (Å²) in [6.45, 7) is -0.507. The predicted octanol–water partition coefficient (Wildman–Crippen LogP) is 4.24. The second-order valence-corrected chi connectivity index (χ2v) is 9.74. The van der Waals surface area contributed by atoms with Gasteiger partial charge in [-0.3, -0.25) is 0 Å². The van der Waals surface area contributed by atoms with Crippen LogP contribution in [0.4, 0.5) is 0 Å². The van der Waals surface area contributed by atoms with E-state index in [1.807, 2.05) is 0 Å². The minimum atomic E-state index is -1.67. The van der Waals surface area contributed by atoms with Crippen LogP contribution in [-0.4, -0.2) is 66.3 Å². The Kier molecular flexibility index (Phi) is 9.75. The SMILES string of the molecule is O=C(OC[C@H]1O[C@H](OC(=O)c2ccccc2)[C@@H](OC(=O)c2ccccc2)[C@@H](OC(=O)c2ccccc2)[C@H]1O)c1ccccc1. The highest BCUT2D eigenvalue weighted by Crippen LogP contribution is 2.30. The molecule has 0 saturated carbocycles. The van der Waals surface area contributed by atoms with Gasteiger partial charge < -0.3 is 28.8 Å². The predicted molar refractivity (Wildman–Crippen MR) is 155 cm³/mol. The second kappa shape index (κ2) is 14.2. The zero-order chi connectivity index (χ0) is 30.9. The number of benzene rings is 4. The number of rotatable bonds is 9. The summed E-state index contributed by atoms with van der Waals surface area (Å²) in [5, 5.41) is 11.4. The van der Waals surface area contributed by atoms with Crippen molar-refractivity contribution in [2.75, 3.05) is 6.61 Å². The fourth-order valence-corrected chi connectivity index (χ4v) is 4.48. The smallest absolute Gasteiger partial charge is 0.340 e. The molecule has 1 N–H and O–H groups in total. The lowest BCUT2D eigenvalue weighted by atomic mass is 9.98. The Bertz CT molecular complexity index is 1560. The molecule has 0 spiro atoms. The maximum absolute atomic E-state index is 13.2. The number of hydrogen-bond acceptors (Lipinski definition) is 10. The molecule has 1 aliphatic heterocycles. The van der Waals surface area contributed by atoms with E-state index in [-0.39, 0.29) is 22.3 Å². The van der Waals surface area contributed by atoms with Crippen LogP contribution in [-0.2, 0) is 23.7 Å². The van der Waals surface area contributed by atoms with Crippen molar-refractivity contribution in [1.82, 2.24) is 0 Å². The molecule has 0 unspecified atom stereocenters. The Balaban J connectivity index is 1.46. The van der Waals surface area contributed by atoms with Crippen molar-refractivity contribution < 1.29 is 48.0 Å². The van der Waals surface area contributed by atoms with Crippen LogP contribution < -0.4 is 0 Å². The Morgan fingerprint density at radius 2 is 0.886 bits per heavy atom. The van der Waals surface area contributed by atoms with Crippen molar-refractivity contribution in [3.8, 4) is 0 Å². The van der Waals surface area contributed by atoms with Crippen LogP contribution in [0.2, 0.25) is 0 Å². The van der Waals surface area contributed by atoms with Gasteiger partial charge in [0.2, 0.25) is 12.4 Å². The van der Waals surface area contributed by atoms with Gasteiger partial charge in [-0.2, -0.15) is 0 Å². The molecule has 4 aromatic rings. The zero-order valence-corrected chi connectivity index (χ0v) is 23.3. The van der Waals surface area contributed by atoms with Crippen molar-refractivity contribution in [2.24, 2.45) is 0 Å². The minimum Gasteiger partial charge on any atom is -0.459 e. The molecule has 0 radical (unpaired) electrons. The minimum absolute atomic E-state index is 0.155. The maximum Gasteiger partial charge on any atom is 0.340 e. The Morgan fingerprint density at radius 3 is 1.32 bits per heavy atom. The van der Waals surface area contributed by atoms with Crippen LogP contribution >= 0.6 is 0 Å². The van der Waals surface area contributed by atoms with E-state index in [1.54, 1.807) is 84.9 Å². The van der Waals surface area contributed by atoms with Crippen LogP contribution in [0.25, 0.3) is 0 Å². The highest BCUT2D eigenvalue weighted by molar-refractivity contribution is 5.91. The molecule has 0 amide bonds. The van der Waals surface area contributed by atoms with Crippen molar-refractivity contribution in [2.45, 2.75) is 30.7 Å². The van der Waals surface area contributed by atoms with Crippen molar-refractivity contribution >= 4 is 23.9 Å². The molecule has 1 heterocycles. The number of carbonyl (C=O) groups excluding carboxylic acids is 4. The number of esters is 4. The summed E-state index contributed by atoms with van der Waals surface area (Å²) in [6.07, 6.45) is -7.91. The fraction of sp³-hybridized carbons (Fsp3) is 0.176. The van der Waals surface area contributed by atoms with Crippen molar-refractivity contribution in [3.05, 3.63) is 144 Å². The molecular formula is C34H28O10. The van der Waals surface area contributed by atoms with Gasteiger partial charge in [-0.05, 0) is 48.5 Å². The molecule has 5 atom stereocenters. The van der Waals surface area contributed by atoms with Gasteiger partial charge in [-0.25, -0.2) is 19.2 Å². The van der Waals surface area contributed by atoms with Gasteiger partial charge in [0.05, 0.1) is 22.3 Å². The molecule has 1 saturated heterocycles. The highest BCUT2D eigenvalue weighted by Gasteiger charge is 2.52. The number of ether oxygens (including phenoxy) is 5. The number of aliphatic hydroxyl groups excluding tert-OH is 1. The molecule has 0 aliphatic carbocycles. The van der Waals surface area contributed by atoms with Crippen LogP contribution in [0.3, 0.4) is 0 Å². The summed E-state index contributed by atoms with van der Waals surface area (Å²) < 4.78 is 28.3. The Morgan fingerprint density at radius 1 is 0.523 bits per heavy atom. The lowest BCUT2D eigenvalue weighted by molar-refractivity contribution is -0.283. The zero-order valence-electron chi connectivity index (χ0n) is 23.3. The number of carbonyl (C=O) groups is 4. The third-order valence-electron chi connectivity index (χ3n) is 6.74. The van der Waals surface area contributed by atoms with E-state index in [2.05, 4.69) is 0 Å². The molecular weight excluding hydrogens is 568 g/mol. The Labute approximate surface area is 252 Å². The topological polar surface area (TPSA) is 135 Å². The highest BCUT2D eigenvalue weighted by atomic mass is 16.7. The van der Waals surface area contributed by atoms with Crippen molar-refractivity contribution in [3.63, 3.8) is 0 Å². The second-order valence-electron chi connectivity index (χ2n) is 9.74. The van der Waals surface area contributed by atoms with E-state index >= 15 is 0 Å². The summed E-state index contributed by atoms with van der Waals surface area (Å²) >= 11 is 0. The van der Waals surface area contributed by atoms with Crippen LogP contribution in [0.15, 0.2) is 121 Å². The first kappa shape index (κ1) is 30.1. The van der Waals surface area contributed by atoms with Crippen LogP contribution in [0.1, 0.15) is 41.4 Å². The monoisotopic (exact) mass is 596 g/mol. The van der Waals surface area contributed by atoms with Gasteiger partial charge in [0.1, 0.15) is 18.8 Å². The number of hydrogen-bond donors (Lipinski definition) is 1. The average molecular weight is 597 g/mol. The molecule has 1 fully saturated rings. The molecule has 0 bridgehead atoms. The first-order valence-electron chi connectivity index (χ1n) is 13.7. The van der Waals surface area contributed by atoms with Gasteiger partial charge in [-0.15, -0.1) is 0 Å². The third kappa shape index (κ3) is 7.35. The summed E-state index contributed by atoms with van der Waals surface area (Å²) in [4.78, 5) is 52.1. The first-order valence-corrected chi connectivity index (χ1v) is 13.7. The largest absolute Gasteiger partial charge is 0.459 e. The maximum atomic E-state index is 13.2. The fourth-order valence-electron chi connectivity index (χ4n) is 4.48. The standard InChI is InChI=1S/C34H28O10/c35-27-26(21-40-30(36)22-13-5-1-6-14-22)41-34(44-33(39)25-19-11-4-12-20-25)29(43-32(38)24-17-9-3-10-18-24)28(27)42-31(37)23-15-7-2-8-16-23/h1-20,26-29,34-35H,21H2/t26-,27+,28+,29+,34-/m1/s1. The van der Waals surface area contributed by atoms with Gasteiger partial charge in [0, 0.05) is 0 Å². The first-order chi connectivity index (χ1) is 21.4. The molecule has 10 nitrogen and oxygen atoms in total. The summed E-state index contributed by atoms with van der Waals surface area (Å²) in [5.74, 6) is -3.22. The molecule has 4 aromatic carbocycles. The lowest BCUT2D eigenvalue weighted by Crippen LogP contribution is -2.62. The van der Waals surface area contributed by atoms with Crippen LogP contribution in [0.5, 0.6) is 0 Å². The molecule has 1 aliphatic rings. The summed E-state index contributed by atoms with van der Waals surface area (Å²) in [5.41, 5.74) is 0.734. The van der Waals surface area contributed by atoms with E-state index in [4.69, 9.17) is 23.7 Å². The summed E-state index contributed by atoms with van der Waals surface area (Å²) in [7, 11) is 0. The summed E-state index contributed by atoms with van der Waals surface area (Å²) in [6, 6.07) is 32.1. The number of aliphatic hydroxyl groups is 1. The quantitative estimate of drug-likeness (QED) is 0.221. The van der Waals surface area contributed by atoms with E-state index in [0.29, 0.717) is 0 Å². The van der Waals surface area contributed by atoms with Gasteiger partial charge in [-0.1, -0.05) is 72.8 Å². The Hall–Kier alpha value is -5.32. The molecule has 0 aromatic heterocycles. The van der Waals surface area contributed by atoms with Gasteiger partial charge >= 0.3 is 23.9 Å². The average Bonchev–Trinajstić information content (AvgIpc) is 3.08. The molecule has 224 valence electrons. The third-order valence-corrected chi connectivity index (χ3v) is 6.74. The van der Waals surface area contributed by atoms with E-state index in [0.717, 1.165) is 0 Å². The van der Waals surface area contributed by atoms with E-state index < -0.39 is 61.2 Å². The molecule has 10 heteroatoms. The van der Waals surface area contributed by atoms with Gasteiger partial charge in [0.15, 0.2) is 6.10 Å². The molecule has 5 rings (SSSR count). The molecule has 44 heavy (non-hydrogen) atoms. The van der Waals surface area contributed by atoms with Crippen molar-refractivity contribution in [1.29, 1.82) is 0 Å². The van der Waals surface area contributed by atoms with Gasteiger partial charge in [0.25, 0.3) is 0 Å².